The van der Waals surface area contributed by atoms with Crippen molar-refractivity contribution in [3.8, 4) is 0 Å². The lowest BCUT2D eigenvalue weighted by Crippen LogP contribution is -2.26. The number of nitro benzene ring substituents is 1. The minimum atomic E-state index is -0.369. The number of benzene rings is 1. The monoisotopic (exact) mass is 270 g/mol. The SMILES string of the molecule is Cc1c(NCC2=NCCN2)cccc1[N+](=O)[O-].Cl. The number of aliphatic imine (C=N–C) groups is 1. The lowest BCUT2D eigenvalue weighted by Gasteiger charge is -2.09. The number of nitro groups is 1. The predicted molar refractivity (Wildman–Crippen MR) is 73.9 cm³/mol. The number of halogens is 1. The van der Waals surface area contributed by atoms with Gasteiger partial charge in [0.25, 0.3) is 5.69 Å². The van der Waals surface area contributed by atoms with Crippen LogP contribution >= 0.6 is 12.4 Å². The van der Waals surface area contributed by atoms with Gasteiger partial charge in [0.15, 0.2) is 0 Å². The fourth-order valence-corrected chi connectivity index (χ4v) is 1.76. The molecule has 2 rings (SSSR count). The molecule has 1 aliphatic rings. The summed E-state index contributed by atoms with van der Waals surface area (Å²) < 4.78 is 0. The van der Waals surface area contributed by atoms with Crippen LogP contribution in [0.15, 0.2) is 23.2 Å². The number of anilines is 1. The van der Waals surface area contributed by atoms with Crippen LogP contribution in [0.5, 0.6) is 0 Å². The van der Waals surface area contributed by atoms with Crippen molar-refractivity contribution < 1.29 is 4.92 Å². The molecule has 0 saturated heterocycles. The van der Waals surface area contributed by atoms with Crippen molar-refractivity contribution >= 4 is 29.6 Å². The summed E-state index contributed by atoms with van der Waals surface area (Å²) >= 11 is 0. The van der Waals surface area contributed by atoms with Gasteiger partial charge in [0.2, 0.25) is 0 Å². The molecule has 0 aromatic heterocycles. The highest BCUT2D eigenvalue weighted by Crippen LogP contribution is 2.24. The maximum Gasteiger partial charge on any atom is 0.274 e. The maximum absolute atomic E-state index is 10.8. The van der Waals surface area contributed by atoms with E-state index in [9.17, 15) is 10.1 Å². The molecule has 6 nitrogen and oxygen atoms in total. The Morgan fingerprint density at radius 3 is 2.94 bits per heavy atom. The van der Waals surface area contributed by atoms with Crippen LogP contribution in [0.3, 0.4) is 0 Å². The molecular formula is C11H15ClN4O2. The molecule has 18 heavy (non-hydrogen) atoms. The van der Waals surface area contributed by atoms with E-state index in [4.69, 9.17) is 0 Å². The number of nitrogens with zero attached hydrogens (tertiary/aromatic N) is 2. The van der Waals surface area contributed by atoms with Gasteiger partial charge in [0.05, 0.1) is 18.0 Å². The zero-order valence-corrected chi connectivity index (χ0v) is 10.8. The van der Waals surface area contributed by atoms with Crippen molar-refractivity contribution in [1.29, 1.82) is 0 Å². The van der Waals surface area contributed by atoms with Gasteiger partial charge in [0, 0.05) is 23.9 Å². The minimum Gasteiger partial charge on any atom is -0.377 e. The van der Waals surface area contributed by atoms with E-state index >= 15 is 0 Å². The Bertz CT molecular complexity index is 476. The van der Waals surface area contributed by atoms with Gasteiger partial charge in [-0.25, -0.2) is 0 Å². The lowest BCUT2D eigenvalue weighted by atomic mass is 10.1. The largest absolute Gasteiger partial charge is 0.377 e. The van der Waals surface area contributed by atoms with Crippen LogP contribution in [-0.2, 0) is 0 Å². The Hall–Kier alpha value is -1.82. The molecule has 1 aromatic rings. The summed E-state index contributed by atoms with van der Waals surface area (Å²) in [7, 11) is 0. The molecule has 0 fully saturated rings. The average Bonchev–Trinajstić information content (AvgIpc) is 2.80. The first-order chi connectivity index (χ1) is 8.18. The van der Waals surface area contributed by atoms with E-state index in [2.05, 4.69) is 15.6 Å². The van der Waals surface area contributed by atoms with Crippen LogP contribution in [0.1, 0.15) is 5.56 Å². The van der Waals surface area contributed by atoms with Crippen molar-refractivity contribution in [2.75, 3.05) is 25.0 Å². The van der Waals surface area contributed by atoms with Crippen LogP contribution in [0.25, 0.3) is 0 Å². The highest BCUT2D eigenvalue weighted by Gasteiger charge is 2.13. The van der Waals surface area contributed by atoms with E-state index in [0.29, 0.717) is 12.1 Å². The molecule has 1 aliphatic heterocycles. The first-order valence-corrected chi connectivity index (χ1v) is 5.43. The summed E-state index contributed by atoms with van der Waals surface area (Å²) in [5, 5.41) is 17.1. The van der Waals surface area contributed by atoms with Crippen LogP contribution in [0.2, 0.25) is 0 Å². The highest BCUT2D eigenvalue weighted by molar-refractivity contribution is 5.87. The second-order valence-electron chi connectivity index (χ2n) is 3.82. The summed E-state index contributed by atoms with van der Waals surface area (Å²) in [6.07, 6.45) is 0. The van der Waals surface area contributed by atoms with E-state index in [1.807, 2.05) is 6.07 Å². The summed E-state index contributed by atoms with van der Waals surface area (Å²) in [5.74, 6) is 0.899. The summed E-state index contributed by atoms with van der Waals surface area (Å²) in [4.78, 5) is 14.7. The van der Waals surface area contributed by atoms with Gasteiger partial charge in [0.1, 0.15) is 5.84 Å². The van der Waals surface area contributed by atoms with Crippen molar-refractivity contribution in [3.63, 3.8) is 0 Å². The smallest absolute Gasteiger partial charge is 0.274 e. The molecule has 1 aromatic carbocycles. The Labute approximate surface area is 111 Å². The number of rotatable bonds is 4. The van der Waals surface area contributed by atoms with Gasteiger partial charge >= 0.3 is 0 Å². The Morgan fingerprint density at radius 1 is 1.56 bits per heavy atom. The molecule has 0 unspecified atom stereocenters. The molecule has 1 heterocycles. The lowest BCUT2D eigenvalue weighted by molar-refractivity contribution is -0.385. The van der Waals surface area contributed by atoms with E-state index in [0.717, 1.165) is 24.6 Å². The Balaban J connectivity index is 0.00000162. The van der Waals surface area contributed by atoms with Gasteiger partial charge in [-0.2, -0.15) is 0 Å². The Kier molecular flexibility index (Phi) is 4.91. The summed E-state index contributed by atoms with van der Waals surface area (Å²) in [6, 6.07) is 5.01. The molecule has 7 heteroatoms. The van der Waals surface area contributed by atoms with E-state index in [-0.39, 0.29) is 23.0 Å². The number of hydrogen-bond donors (Lipinski definition) is 2. The second-order valence-corrected chi connectivity index (χ2v) is 3.82. The van der Waals surface area contributed by atoms with E-state index in [1.165, 1.54) is 6.07 Å². The quantitative estimate of drug-likeness (QED) is 0.645. The van der Waals surface area contributed by atoms with Crippen molar-refractivity contribution in [1.82, 2.24) is 5.32 Å². The van der Waals surface area contributed by atoms with Crippen molar-refractivity contribution in [2.24, 2.45) is 4.99 Å². The molecule has 0 amide bonds. The molecule has 2 N–H and O–H groups in total. The first kappa shape index (κ1) is 14.2. The second kappa shape index (κ2) is 6.20. The fraction of sp³-hybridized carbons (Fsp3) is 0.364. The zero-order chi connectivity index (χ0) is 12.3. The van der Waals surface area contributed by atoms with Gasteiger partial charge < -0.3 is 10.6 Å². The molecule has 98 valence electrons. The van der Waals surface area contributed by atoms with Gasteiger partial charge in [-0.05, 0) is 13.0 Å². The van der Waals surface area contributed by atoms with Crippen LogP contribution in [0.4, 0.5) is 11.4 Å². The standard InChI is InChI=1S/C11H14N4O2.ClH/c1-8-9(3-2-4-10(8)15(16)17)14-7-11-12-5-6-13-11;/h2-4,14H,5-7H2,1H3,(H,12,13);1H. The molecule has 0 saturated carbocycles. The normalized spacial score (nSPS) is 13.3. The van der Waals surface area contributed by atoms with E-state index in [1.54, 1.807) is 13.0 Å². The van der Waals surface area contributed by atoms with Crippen molar-refractivity contribution in [2.45, 2.75) is 6.92 Å². The predicted octanol–water partition coefficient (Wildman–Crippen LogP) is 1.74. The number of amidine groups is 1. The summed E-state index contributed by atoms with van der Waals surface area (Å²) in [6.45, 7) is 3.97. The van der Waals surface area contributed by atoms with Gasteiger partial charge in [-0.15, -0.1) is 12.4 Å². The third-order valence-electron chi connectivity index (χ3n) is 2.69. The fourth-order valence-electron chi connectivity index (χ4n) is 1.76. The molecule has 0 atom stereocenters. The van der Waals surface area contributed by atoms with Crippen LogP contribution < -0.4 is 10.6 Å². The van der Waals surface area contributed by atoms with Gasteiger partial charge in [-0.1, -0.05) is 6.07 Å². The molecule has 0 spiro atoms. The molecule has 0 aliphatic carbocycles. The summed E-state index contributed by atoms with van der Waals surface area (Å²) in [5.41, 5.74) is 1.56. The van der Waals surface area contributed by atoms with Crippen LogP contribution in [0, 0.1) is 17.0 Å². The first-order valence-electron chi connectivity index (χ1n) is 5.43. The Morgan fingerprint density at radius 2 is 2.33 bits per heavy atom. The molecular weight excluding hydrogens is 256 g/mol. The number of hydrogen-bond acceptors (Lipinski definition) is 5. The number of nitrogens with one attached hydrogen (secondary N) is 2. The van der Waals surface area contributed by atoms with Gasteiger partial charge in [-0.3, -0.25) is 15.1 Å². The average molecular weight is 271 g/mol. The molecule has 0 radical (unpaired) electrons. The third kappa shape index (κ3) is 3.10. The maximum atomic E-state index is 10.8. The minimum absolute atomic E-state index is 0. The van der Waals surface area contributed by atoms with E-state index < -0.39 is 0 Å². The van der Waals surface area contributed by atoms with Crippen molar-refractivity contribution in [3.05, 3.63) is 33.9 Å². The van der Waals surface area contributed by atoms with Crippen LogP contribution in [-0.4, -0.2) is 30.4 Å². The topological polar surface area (TPSA) is 79.6 Å². The third-order valence-corrected chi connectivity index (χ3v) is 2.69. The molecule has 0 bridgehead atoms. The zero-order valence-electron chi connectivity index (χ0n) is 9.97. The highest BCUT2D eigenvalue weighted by atomic mass is 35.5.